The number of aliphatic hydroxyl groups is 1. The number of imidazole rings is 1. The number of hydrogen-bond acceptors (Lipinski definition) is 4. The van der Waals surface area contributed by atoms with Gasteiger partial charge in [0.25, 0.3) is 0 Å². The molecule has 1 unspecified atom stereocenters. The Labute approximate surface area is 158 Å². The van der Waals surface area contributed by atoms with Crippen LogP contribution < -0.4 is 0 Å². The molecule has 27 heavy (non-hydrogen) atoms. The van der Waals surface area contributed by atoms with E-state index in [0.717, 1.165) is 11.6 Å². The first-order valence-corrected chi connectivity index (χ1v) is 12.4. The maximum atomic E-state index is 13.3. The molecule has 0 aliphatic rings. The van der Waals surface area contributed by atoms with Crippen LogP contribution in [0.4, 0.5) is 13.2 Å². The van der Waals surface area contributed by atoms with Gasteiger partial charge in [0.2, 0.25) is 5.60 Å². The molecular weight excluding hydrogens is 375 g/mol. The fourth-order valence-corrected chi connectivity index (χ4v) is 3.18. The number of aromatic nitrogens is 3. The molecule has 9 heteroatoms. The summed E-state index contributed by atoms with van der Waals surface area (Å²) >= 11 is 0. The van der Waals surface area contributed by atoms with Crippen LogP contribution in [0.15, 0.2) is 30.7 Å². The van der Waals surface area contributed by atoms with Crippen LogP contribution in [0, 0.1) is 0 Å². The van der Waals surface area contributed by atoms with Crippen molar-refractivity contribution in [3.63, 3.8) is 0 Å². The van der Waals surface area contributed by atoms with Gasteiger partial charge < -0.3 is 14.4 Å². The number of halogens is 3. The quantitative estimate of drug-likeness (QED) is 0.537. The summed E-state index contributed by atoms with van der Waals surface area (Å²) in [6, 6.07) is 4.44. The molecule has 0 amide bonds. The van der Waals surface area contributed by atoms with Gasteiger partial charge in [-0.05, 0) is 30.7 Å². The number of hydrogen-bond donors (Lipinski definition) is 1. The zero-order valence-electron chi connectivity index (χ0n) is 16.0. The number of ether oxygens (including phenoxy) is 1. The van der Waals surface area contributed by atoms with Gasteiger partial charge in [-0.15, -0.1) is 0 Å². The minimum atomic E-state index is -4.84. The molecule has 5 nitrogen and oxygen atoms in total. The summed E-state index contributed by atoms with van der Waals surface area (Å²) < 4.78 is 46.8. The summed E-state index contributed by atoms with van der Waals surface area (Å²) in [6.07, 6.45) is 0.218. The van der Waals surface area contributed by atoms with Crippen LogP contribution in [0.5, 0.6) is 0 Å². The largest absolute Gasteiger partial charge is 0.424 e. The molecule has 2 aromatic rings. The molecule has 2 heterocycles. The van der Waals surface area contributed by atoms with Gasteiger partial charge in [-0.25, -0.2) is 4.98 Å². The van der Waals surface area contributed by atoms with Gasteiger partial charge >= 0.3 is 6.18 Å². The molecule has 1 atom stereocenters. The Kier molecular flexibility index (Phi) is 6.49. The van der Waals surface area contributed by atoms with Crippen molar-refractivity contribution in [1.82, 2.24) is 14.5 Å². The normalized spacial score (nSPS) is 15.0. The molecule has 0 radical (unpaired) electrons. The van der Waals surface area contributed by atoms with Gasteiger partial charge in [0.15, 0.2) is 5.82 Å². The third-order valence-corrected chi connectivity index (χ3v) is 5.88. The molecular formula is C18H26F3N3O2Si. The zero-order chi connectivity index (χ0) is 20.3. The van der Waals surface area contributed by atoms with Crippen molar-refractivity contribution in [1.29, 1.82) is 0 Å². The average Bonchev–Trinajstić information content (AvgIpc) is 2.94. The number of nitrogens with zero attached hydrogens (tertiary/aromatic N) is 3. The number of rotatable bonds is 8. The van der Waals surface area contributed by atoms with E-state index < -0.39 is 25.7 Å². The van der Waals surface area contributed by atoms with E-state index in [1.165, 1.54) is 10.8 Å². The van der Waals surface area contributed by atoms with Crippen molar-refractivity contribution in [3.8, 4) is 0 Å². The summed E-state index contributed by atoms with van der Waals surface area (Å²) in [5.74, 6) is -0.466. The smallest absolute Gasteiger partial charge is 0.374 e. The van der Waals surface area contributed by atoms with Crippen LogP contribution >= 0.6 is 0 Å². The Morgan fingerprint density at radius 2 is 1.81 bits per heavy atom. The monoisotopic (exact) mass is 401 g/mol. The first-order valence-electron chi connectivity index (χ1n) is 8.72. The molecule has 0 aliphatic carbocycles. The van der Waals surface area contributed by atoms with E-state index in [4.69, 9.17) is 4.74 Å². The van der Waals surface area contributed by atoms with Crippen molar-refractivity contribution in [2.24, 2.45) is 0 Å². The molecule has 0 aliphatic heterocycles. The van der Waals surface area contributed by atoms with Crippen LogP contribution in [0.3, 0.4) is 0 Å². The molecule has 0 aromatic carbocycles. The Balaban J connectivity index is 2.23. The Morgan fingerprint density at radius 3 is 2.37 bits per heavy atom. The number of alkyl halides is 3. The van der Waals surface area contributed by atoms with Gasteiger partial charge in [-0.3, -0.25) is 4.98 Å². The maximum absolute atomic E-state index is 13.3. The minimum absolute atomic E-state index is 0.0879. The van der Waals surface area contributed by atoms with Gasteiger partial charge in [0.1, 0.15) is 6.73 Å². The van der Waals surface area contributed by atoms with Crippen molar-refractivity contribution in [2.45, 2.75) is 57.5 Å². The Bertz CT molecular complexity index is 741. The van der Waals surface area contributed by atoms with Crippen molar-refractivity contribution in [3.05, 3.63) is 47.8 Å². The van der Waals surface area contributed by atoms with E-state index in [9.17, 15) is 18.3 Å². The lowest BCUT2D eigenvalue weighted by molar-refractivity contribution is -0.263. The topological polar surface area (TPSA) is 60.2 Å². The predicted octanol–water partition coefficient (Wildman–Crippen LogP) is 3.95. The van der Waals surface area contributed by atoms with Gasteiger partial charge in [0, 0.05) is 39.7 Å². The molecule has 2 aromatic heterocycles. The van der Waals surface area contributed by atoms with Crippen molar-refractivity contribution in [2.75, 3.05) is 6.61 Å². The van der Waals surface area contributed by atoms with E-state index in [1.807, 2.05) is 0 Å². The fraction of sp³-hybridized carbons (Fsp3) is 0.556. The summed E-state index contributed by atoms with van der Waals surface area (Å²) in [5.41, 5.74) is -1.77. The van der Waals surface area contributed by atoms with E-state index >= 15 is 0 Å². The van der Waals surface area contributed by atoms with Crippen LogP contribution in [-0.2, 0) is 23.5 Å². The minimum Gasteiger partial charge on any atom is -0.374 e. The third-order valence-electron chi connectivity index (χ3n) is 4.18. The molecule has 0 saturated heterocycles. The lowest BCUT2D eigenvalue weighted by Crippen LogP contribution is -2.41. The van der Waals surface area contributed by atoms with E-state index in [0.29, 0.717) is 25.6 Å². The van der Waals surface area contributed by atoms with Crippen LogP contribution in [0.2, 0.25) is 25.7 Å². The molecule has 0 bridgehead atoms. The molecule has 0 spiro atoms. The summed E-state index contributed by atoms with van der Waals surface area (Å²) in [4.78, 5) is 7.99. The SMILES string of the molecule is CC(O)(c1nc(Cc2ccncc2)cn1COCC[Si](C)(C)C)C(F)(F)F. The second-order valence-corrected chi connectivity index (χ2v) is 13.6. The van der Waals surface area contributed by atoms with Gasteiger partial charge in [-0.2, -0.15) is 13.2 Å². The summed E-state index contributed by atoms with van der Waals surface area (Å²) in [7, 11) is -1.31. The van der Waals surface area contributed by atoms with Crippen LogP contribution in [0.1, 0.15) is 24.0 Å². The average molecular weight is 402 g/mol. The predicted molar refractivity (Wildman–Crippen MR) is 99.0 cm³/mol. The van der Waals surface area contributed by atoms with Crippen LogP contribution in [0.25, 0.3) is 0 Å². The Hall–Kier alpha value is -1.71. The molecule has 150 valence electrons. The highest BCUT2D eigenvalue weighted by atomic mass is 28.3. The standard InChI is InChI=1S/C18H26F3N3O2Si/c1-17(25,18(19,20)21)16-23-15(11-14-5-7-22-8-6-14)12-24(16)13-26-9-10-27(2,3)4/h5-8,12,25H,9-11,13H2,1-4H3. The highest BCUT2D eigenvalue weighted by molar-refractivity contribution is 6.76. The lowest BCUT2D eigenvalue weighted by Gasteiger charge is -2.26. The lowest BCUT2D eigenvalue weighted by atomic mass is 10.1. The Morgan fingerprint density at radius 1 is 1.19 bits per heavy atom. The van der Waals surface area contributed by atoms with Gasteiger partial charge in [-0.1, -0.05) is 19.6 Å². The number of pyridine rings is 1. The zero-order valence-corrected chi connectivity index (χ0v) is 17.0. The summed E-state index contributed by atoms with van der Waals surface area (Å²) in [5, 5.41) is 10.1. The van der Waals surface area contributed by atoms with E-state index in [1.54, 1.807) is 24.5 Å². The second kappa shape index (κ2) is 8.11. The van der Waals surface area contributed by atoms with E-state index in [2.05, 4.69) is 29.6 Å². The molecule has 2 rings (SSSR count). The summed E-state index contributed by atoms with van der Waals surface area (Å²) in [6.45, 7) is 7.67. The highest BCUT2D eigenvalue weighted by Gasteiger charge is 2.54. The fourth-order valence-electron chi connectivity index (χ4n) is 2.42. The van der Waals surface area contributed by atoms with Crippen molar-refractivity contribution >= 4 is 8.07 Å². The second-order valence-electron chi connectivity index (χ2n) is 7.98. The first-order chi connectivity index (χ1) is 12.4. The van der Waals surface area contributed by atoms with Crippen LogP contribution in [-0.4, -0.2) is 40.5 Å². The molecule has 0 fully saturated rings. The maximum Gasteiger partial charge on any atom is 0.424 e. The molecule has 0 saturated carbocycles. The molecule has 1 N–H and O–H groups in total. The highest BCUT2D eigenvalue weighted by Crippen LogP contribution is 2.38. The van der Waals surface area contributed by atoms with E-state index in [-0.39, 0.29) is 6.73 Å². The first kappa shape index (κ1) is 21.6. The third kappa shape index (κ3) is 5.88. The van der Waals surface area contributed by atoms with Gasteiger partial charge in [0.05, 0.1) is 5.69 Å². The van der Waals surface area contributed by atoms with Crippen molar-refractivity contribution < 1.29 is 23.0 Å².